The molecule has 2 rings (SSSR count). The Morgan fingerprint density at radius 1 is 1.24 bits per heavy atom. The number of benzene rings is 1. The van der Waals surface area contributed by atoms with Crippen LogP contribution in [0.25, 0.3) is 0 Å². The molecule has 0 bridgehead atoms. The number of rotatable bonds is 6. The summed E-state index contributed by atoms with van der Waals surface area (Å²) in [6.45, 7) is 5.52. The van der Waals surface area contributed by atoms with Crippen molar-refractivity contribution in [3.05, 3.63) is 28.8 Å². The zero-order valence-electron chi connectivity index (χ0n) is 12.7. The number of hydrogen-bond donors (Lipinski definition) is 1. The number of aryl methyl sites for hydroxylation is 3. The van der Waals surface area contributed by atoms with Gasteiger partial charge in [-0.3, -0.25) is 9.59 Å². The highest BCUT2D eigenvalue weighted by atomic mass is 16.5. The number of amides is 1. The number of carbonyl (C=O) groups is 2. The molecule has 0 radical (unpaired) electrons. The first kappa shape index (κ1) is 15.4. The fraction of sp³-hybridized carbons (Fsp3) is 0.500. The molecule has 1 aromatic rings. The molecule has 5 heteroatoms. The molecule has 1 saturated carbocycles. The molecule has 1 aliphatic rings. The van der Waals surface area contributed by atoms with Gasteiger partial charge < -0.3 is 14.7 Å². The van der Waals surface area contributed by atoms with E-state index >= 15 is 0 Å². The van der Waals surface area contributed by atoms with Crippen LogP contribution in [0, 0.1) is 20.8 Å². The average Bonchev–Trinajstić information content (AvgIpc) is 3.18. The van der Waals surface area contributed by atoms with Gasteiger partial charge >= 0.3 is 5.97 Å². The van der Waals surface area contributed by atoms with E-state index in [1.165, 1.54) is 4.90 Å². The van der Waals surface area contributed by atoms with Crippen LogP contribution in [0.1, 0.15) is 29.5 Å². The zero-order valence-corrected chi connectivity index (χ0v) is 12.7. The van der Waals surface area contributed by atoms with E-state index in [4.69, 9.17) is 9.84 Å². The molecule has 0 saturated heterocycles. The Kier molecular flexibility index (Phi) is 4.50. The van der Waals surface area contributed by atoms with Crippen LogP contribution in [0.5, 0.6) is 5.75 Å². The number of nitrogens with zero attached hydrogens (tertiary/aromatic N) is 1. The third kappa shape index (κ3) is 3.97. The molecular weight excluding hydrogens is 270 g/mol. The van der Waals surface area contributed by atoms with Gasteiger partial charge in [-0.25, -0.2) is 0 Å². The molecule has 1 amide bonds. The summed E-state index contributed by atoms with van der Waals surface area (Å²) in [5.74, 6) is -0.544. The fourth-order valence-corrected chi connectivity index (χ4v) is 2.56. The zero-order chi connectivity index (χ0) is 15.6. The van der Waals surface area contributed by atoms with Crippen LogP contribution in [0.3, 0.4) is 0 Å². The van der Waals surface area contributed by atoms with E-state index in [1.54, 1.807) is 0 Å². The van der Waals surface area contributed by atoms with Crippen LogP contribution in [0.4, 0.5) is 0 Å². The molecule has 0 atom stereocenters. The van der Waals surface area contributed by atoms with Crippen molar-refractivity contribution < 1.29 is 19.4 Å². The van der Waals surface area contributed by atoms with Crippen LogP contribution in [-0.4, -0.2) is 41.1 Å². The third-order valence-corrected chi connectivity index (χ3v) is 3.56. The van der Waals surface area contributed by atoms with E-state index in [9.17, 15) is 9.59 Å². The Hall–Kier alpha value is -2.04. The molecule has 0 aliphatic heterocycles. The summed E-state index contributed by atoms with van der Waals surface area (Å²) < 4.78 is 5.64. The monoisotopic (exact) mass is 291 g/mol. The molecular formula is C16H21NO4. The van der Waals surface area contributed by atoms with Gasteiger partial charge in [-0.05, 0) is 44.7 Å². The maximum Gasteiger partial charge on any atom is 0.323 e. The Balaban J connectivity index is 2.01. The second kappa shape index (κ2) is 6.16. The van der Waals surface area contributed by atoms with E-state index in [0.29, 0.717) is 5.75 Å². The van der Waals surface area contributed by atoms with Crippen molar-refractivity contribution in [3.63, 3.8) is 0 Å². The molecule has 1 N–H and O–H groups in total. The minimum atomic E-state index is -0.988. The molecule has 21 heavy (non-hydrogen) atoms. The summed E-state index contributed by atoms with van der Waals surface area (Å²) in [5.41, 5.74) is 3.11. The van der Waals surface area contributed by atoms with E-state index in [-0.39, 0.29) is 25.1 Å². The van der Waals surface area contributed by atoms with Crippen molar-refractivity contribution in [1.82, 2.24) is 4.90 Å². The second-order valence-electron chi connectivity index (χ2n) is 5.66. The first-order valence-corrected chi connectivity index (χ1v) is 7.10. The summed E-state index contributed by atoms with van der Waals surface area (Å²) >= 11 is 0. The highest BCUT2D eigenvalue weighted by molar-refractivity contribution is 5.83. The lowest BCUT2D eigenvalue weighted by atomic mass is 10.1. The minimum absolute atomic E-state index is 0.0670. The number of ether oxygens (including phenoxy) is 1. The lowest BCUT2D eigenvalue weighted by Crippen LogP contribution is -2.40. The maximum absolute atomic E-state index is 12.2. The normalized spacial score (nSPS) is 13.9. The molecule has 0 heterocycles. The van der Waals surface area contributed by atoms with Gasteiger partial charge in [0.05, 0.1) is 0 Å². The van der Waals surface area contributed by atoms with Gasteiger partial charge in [0.25, 0.3) is 5.91 Å². The first-order chi connectivity index (χ1) is 9.88. The lowest BCUT2D eigenvalue weighted by molar-refractivity contribution is -0.145. The highest BCUT2D eigenvalue weighted by Crippen LogP contribution is 2.28. The molecule has 114 valence electrons. The van der Waals surface area contributed by atoms with E-state index in [0.717, 1.165) is 29.5 Å². The van der Waals surface area contributed by atoms with E-state index in [2.05, 4.69) is 0 Å². The summed E-state index contributed by atoms with van der Waals surface area (Å²) in [6.07, 6.45) is 1.75. The number of hydrogen-bond acceptors (Lipinski definition) is 3. The summed E-state index contributed by atoms with van der Waals surface area (Å²) in [4.78, 5) is 24.4. The van der Waals surface area contributed by atoms with Crippen molar-refractivity contribution in [1.29, 1.82) is 0 Å². The van der Waals surface area contributed by atoms with Gasteiger partial charge in [-0.2, -0.15) is 0 Å². The van der Waals surface area contributed by atoms with Gasteiger partial charge in [0, 0.05) is 6.04 Å². The predicted octanol–water partition coefficient (Wildman–Crippen LogP) is 2.07. The van der Waals surface area contributed by atoms with Crippen molar-refractivity contribution in [3.8, 4) is 5.75 Å². The second-order valence-corrected chi connectivity index (χ2v) is 5.66. The molecule has 0 unspecified atom stereocenters. The van der Waals surface area contributed by atoms with Gasteiger partial charge in [-0.15, -0.1) is 0 Å². The molecule has 1 aliphatic carbocycles. The number of carboxylic acid groups (broad SMARTS) is 1. The Morgan fingerprint density at radius 3 is 2.29 bits per heavy atom. The topological polar surface area (TPSA) is 66.8 Å². The van der Waals surface area contributed by atoms with Crippen LogP contribution < -0.4 is 4.74 Å². The number of carboxylic acids is 1. The van der Waals surface area contributed by atoms with Crippen molar-refractivity contribution in [2.75, 3.05) is 13.2 Å². The third-order valence-electron chi connectivity index (χ3n) is 3.56. The van der Waals surface area contributed by atoms with Gasteiger partial charge in [0.15, 0.2) is 6.61 Å². The van der Waals surface area contributed by atoms with Crippen molar-refractivity contribution >= 4 is 11.9 Å². The molecule has 1 fully saturated rings. The largest absolute Gasteiger partial charge is 0.483 e. The van der Waals surface area contributed by atoms with Crippen LogP contribution in [0.15, 0.2) is 12.1 Å². The minimum Gasteiger partial charge on any atom is -0.483 e. The summed E-state index contributed by atoms with van der Waals surface area (Å²) in [7, 11) is 0. The smallest absolute Gasteiger partial charge is 0.323 e. The first-order valence-electron chi connectivity index (χ1n) is 7.10. The SMILES string of the molecule is Cc1cc(C)c(OCC(=O)N(CC(=O)O)C2CC2)c(C)c1. The van der Waals surface area contributed by atoms with E-state index < -0.39 is 5.97 Å². The van der Waals surface area contributed by atoms with Gasteiger partial charge in [-0.1, -0.05) is 17.7 Å². The van der Waals surface area contributed by atoms with Crippen LogP contribution >= 0.6 is 0 Å². The maximum atomic E-state index is 12.2. The van der Waals surface area contributed by atoms with Crippen molar-refractivity contribution in [2.45, 2.75) is 39.7 Å². The summed E-state index contributed by atoms with van der Waals surface area (Å²) in [5, 5.41) is 8.88. The van der Waals surface area contributed by atoms with Gasteiger partial charge in [0.2, 0.25) is 0 Å². The standard InChI is InChI=1S/C16H21NO4/c1-10-6-11(2)16(12(3)7-10)21-9-14(18)17(8-15(19)20)13-4-5-13/h6-7,13H,4-5,8-9H2,1-3H3,(H,19,20). The average molecular weight is 291 g/mol. The number of aliphatic carboxylic acids is 1. The highest BCUT2D eigenvalue weighted by Gasteiger charge is 2.34. The molecule has 0 aromatic heterocycles. The van der Waals surface area contributed by atoms with Crippen LogP contribution in [0.2, 0.25) is 0 Å². The number of carbonyl (C=O) groups excluding carboxylic acids is 1. The van der Waals surface area contributed by atoms with Gasteiger partial charge in [0.1, 0.15) is 12.3 Å². The Morgan fingerprint density at radius 2 is 1.81 bits per heavy atom. The quantitative estimate of drug-likeness (QED) is 0.871. The Bertz CT molecular complexity index is 540. The van der Waals surface area contributed by atoms with Crippen LogP contribution in [-0.2, 0) is 9.59 Å². The van der Waals surface area contributed by atoms with Crippen molar-refractivity contribution in [2.24, 2.45) is 0 Å². The summed E-state index contributed by atoms with van der Waals surface area (Å²) in [6, 6.07) is 4.07. The molecule has 5 nitrogen and oxygen atoms in total. The molecule has 0 spiro atoms. The lowest BCUT2D eigenvalue weighted by Gasteiger charge is -2.21. The molecule has 1 aromatic carbocycles. The van der Waals surface area contributed by atoms with E-state index in [1.807, 2.05) is 32.9 Å². The Labute approximate surface area is 124 Å². The fourth-order valence-electron chi connectivity index (χ4n) is 2.56. The predicted molar refractivity (Wildman–Crippen MR) is 78.5 cm³/mol.